The van der Waals surface area contributed by atoms with Gasteiger partial charge in [-0.25, -0.2) is 4.79 Å². The zero-order chi connectivity index (χ0) is 13.0. The van der Waals surface area contributed by atoms with Gasteiger partial charge in [-0.05, 0) is 18.4 Å². The SMILES string of the molecule is CC(C)C[C@H](NC(=O)c1ccn(C)n1)C(=O)O. The van der Waals surface area contributed by atoms with Crippen LogP contribution in [0.15, 0.2) is 12.3 Å². The first-order valence-corrected chi connectivity index (χ1v) is 5.43. The van der Waals surface area contributed by atoms with Crippen molar-refractivity contribution >= 4 is 11.9 Å². The van der Waals surface area contributed by atoms with Gasteiger partial charge in [0.2, 0.25) is 0 Å². The second-order valence-electron chi connectivity index (χ2n) is 4.37. The number of carbonyl (C=O) groups is 2. The first kappa shape index (κ1) is 13.2. The number of carboxylic acids is 1. The summed E-state index contributed by atoms with van der Waals surface area (Å²) in [5, 5.41) is 15.4. The fourth-order valence-electron chi connectivity index (χ4n) is 1.46. The minimum absolute atomic E-state index is 0.195. The maximum Gasteiger partial charge on any atom is 0.326 e. The molecule has 1 rings (SSSR count). The molecule has 0 radical (unpaired) electrons. The molecule has 0 aliphatic heterocycles. The first-order chi connectivity index (χ1) is 7.90. The highest BCUT2D eigenvalue weighted by Gasteiger charge is 2.22. The number of carbonyl (C=O) groups excluding carboxylic acids is 1. The van der Waals surface area contributed by atoms with Crippen LogP contribution >= 0.6 is 0 Å². The Bertz CT molecular complexity index is 412. The average Bonchev–Trinajstić information content (AvgIpc) is 2.63. The van der Waals surface area contributed by atoms with Crippen molar-refractivity contribution in [3.8, 4) is 0 Å². The third kappa shape index (κ3) is 3.90. The molecule has 1 amide bonds. The molecule has 94 valence electrons. The number of nitrogens with one attached hydrogen (secondary N) is 1. The van der Waals surface area contributed by atoms with Crippen LogP contribution in [0.5, 0.6) is 0 Å². The van der Waals surface area contributed by atoms with Crippen LogP contribution in [0, 0.1) is 5.92 Å². The molecule has 0 fully saturated rings. The lowest BCUT2D eigenvalue weighted by Gasteiger charge is -2.15. The van der Waals surface area contributed by atoms with E-state index in [4.69, 9.17) is 5.11 Å². The number of hydrogen-bond donors (Lipinski definition) is 2. The van der Waals surface area contributed by atoms with Gasteiger partial charge in [0.1, 0.15) is 11.7 Å². The summed E-state index contributed by atoms with van der Waals surface area (Å²) in [7, 11) is 1.69. The molecule has 0 saturated heterocycles. The minimum Gasteiger partial charge on any atom is -0.480 e. The van der Waals surface area contributed by atoms with E-state index < -0.39 is 17.9 Å². The number of carboxylic acid groups (broad SMARTS) is 1. The van der Waals surface area contributed by atoms with Gasteiger partial charge in [0.05, 0.1) is 0 Å². The van der Waals surface area contributed by atoms with E-state index in [1.807, 2.05) is 13.8 Å². The molecule has 0 aliphatic carbocycles. The number of hydrogen-bond acceptors (Lipinski definition) is 3. The van der Waals surface area contributed by atoms with E-state index in [0.717, 1.165) is 0 Å². The Morgan fingerprint density at radius 1 is 1.53 bits per heavy atom. The number of rotatable bonds is 5. The molecule has 2 N–H and O–H groups in total. The summed E-state index contributed by atoms with van der Waals surface area (Å²) in [6, 6.07) is 0.674. The molecule has 6 heteroatoms. The van der Waals surface area contributed by atoms with Crippen molar-refractivity contribution in [3.05, 3.63) is 18.0 Å². The van der Waals surface area contributed by atoms with Crippen LogP contribution in [-0.4, -0.2) is 32.8 Å². The van der Waals surface area contributed by atoms with Gasteiger partial charge >= 0.3 is 5.97 Å². The standard InChI is InChI=1S/C11H17N3O3/c1-7(2)6-9(11(16)17)12-10(15)8-4-5-14(3)13-8/h4-5,7,9H,6H2,1-3H3,(H,12,15)(H,16,17)/t9-/m0/s1. The van der Waals surface area contributed by atoms with Crippen molar-refractivity contribution in [2.75, 3.05) is 0 Å². The topological polar surface area (TPSA) is 84.2 Å². The highest BCUT2D eigenvalue weighted by Crippen LogP contribution is 2.06. The van der Waals surface area contributed by atoms with Crippen LogP contribution < -0.4 is 5.32 Å². The van der Waals surface area contributed by atoms with Crippen molar-refractivity contribution in [1.29, 1.82) is 0 Å². The van der Waals surface area contributed by atoms with E-state index in [1.54, 1.807) is 19.3 Å². The number of aryl methyl sites for hydroxylation is 1. The summed E-state index contributed by atoms with van der Waals surface area (Å²) in [5.41, 5.74) is 0.225. The third-order valence-corrected chi connectivity index (χ3v) is 2.26. The molecular weight excluding hydrogens is 222 g/mol. The zero-order valence-electron chi connectivity index (χ0n) is 10.2. The lowest BCUT2D eigenvalue weighted by molar-refractivity contribution is -0.139. The highest BCUT2D eigenvalue weighted by molar-refractivity contribution is 5.94. The first-order valence-electron chi connectivity index (χ1n) is 5.43. The molecule has 1 atom stereocenters. The lowest BCUT2D eigenvalue weighted by atomic mass is 10.0. The Morgan fingerprint density at radius 3 is 2.59 bits per heavy atom. The fourth-order valence-corrected chi connectivity index (χ4v) is 1.46. The third-order valence-electron chi connectivity index (χ3n) is 2.26. The quantitative estimate of drug-likeness (QED) is 0.790. The predicted octanol–water partition coefficient (Wildman–Crippen LogP) is 0.649. The van der Waals surface area contributed by atoms with Crippen LogP contribution in [-0.2, 0) is 11.8 Å². The molecule has 17 heavy (non-hydrogen) atoms. The molecule has 0 unspecified atom stereocenters. The largest absolute Gasteiger partial charge is 0.480 e. The van der Waals surface area contributed by atoms with E-state index in [9.17, 15) is 9.59 Å². The molecule has 1 aromatic heterocycles. The monoisotopic (exact) mass is 239 g/mol. The lowest BCUT2D eigenvalue weighted by Crippen LogP contribution is -2.41. The predicted molar refractivity (Wildman–Crippen MR) is 61.6 cm³/mol. The van der Waals surface area contributed by atoms with Crippen LogP contribution in [0.3, 0.4) is 0 Å². The van der Waals surface area contributed by atoms with Gasteiger partial charge in [0, 0.05) is 13.2 Å². The highest BCUT2D eigenvalue weighted by atomic mass is 16.4. The van der Waals surface area contributed by atoms with Crippen molar-refractivity contribution < 1.29 is 14.7 Å². The average molecular weight is 239 g/mol. The van der Waals surface area contributed by atoms with E-state index >= 15 is 0 Å². The summed E-state index contributed by atoms with van der Waals surface area (Å²) in [6.45, 7) is 3.81. The number of aromatic nitrogens is 2. The molecule has 1 aromatic rings. The summed E-state index contributed by atoms with van der Waals surface area (Å²) in [4.78, 5) is 22.7. The number of aliphatic carboxylic acids is 1. The molecule has 0 bridgehead atoms. The second-order valence-corrected chi connectivity index (χ2v) is 4.37. The minimum atomic E-state index is -1.03. The Morgan fingerprint density at radius 2 is 2.18 bits per heavy atom. The molecule has 0 saturated carbocycles. The van der Waals surface area contributed by atoms with Crippen molar-refractivity contribution in [2.24, 2.45) is 13.0 Å². The maximum absolute atomic E-state index is 11.7. The van der Waals surface area contributed by atoms with Gasteiger partial charge in [0.25, 0.3) is 5.91 Å². The van der Waals surface area contributed by atoms with Gasteiger partial charge in [-0.3, -0.25) is 9.48 Å². The Hall–Kier alpha value is -1.85. The normalized spacial score (nSPS) is 12.5. The zero-order valence-corrected chi connectivity index (χ0v) is 10.2. The van der Waals surface area contributed by atoms with Gasteiger partial charge in [-0.2, -0.15) is 5.10 Å². The summed E-state index contributed by atoms with van der Waals surface area (Å²) < 4.78 is 1.49. The Balaban J connectivity index is 2.67. The molecular formula is C11H17N3O3. The van der Waals surface area contributed by atoms with Crippen LogP contribution in [0.4, 0.5) is 0 Å². The molecule has 0 spiro atoms. The van der Waals surface area contributed by atoms with Gasteiger partial charge in [-0.15, -0.1) is 0 Å². The van der Waals surface area contributed by atoms with Gasteiger partial charge < -0.3 is 10.4 Å². The molecule has 1 heterocycles. The van der Waals surface area contributed by atoms with E-state index in [0.29, 0.717) is 6.42 Å². The van der Waals surface area contributed by atoms with Gasteiger partial charge in [-0.1, -0.05) is 13.8 Å². The van der Waals surface area contributed by atoms with Crippen LogP contribution in [0.1, 0.15) is 30.8 Å². The van der Waals surface area contributed by atoms with Crippen molar-refractivity contribution in [2.45, 2.75) is 26.3 Å². The van der Waals surface area contributed by atoms with Crippen LogP contribution in [0.2, 0.25) is 0 Å². The number of amides is 1. The Labute approximate surface area is 99.6 Å². The number of nitrogens with zero attached hydrogens (tertiary/aromatic N) is 2. The van der Waals surface area contributed by atoms with Crippen LogP contribution in [0.25, 0.3) is 0 Å². The summed E-state index contributed by atoms with van der Waals surface area (Å²) in [5.74, 6) is -1.29. The maximum atomic E-state index is 11.7. The van der Waals surface area contributed by atoms with E-state index in [2.05, 4.69) is 10.4 Å². The van der Waals surface area contributed by atoms with E-state index in [-0.39, 0.29) is 11.6 Å². The Kier molecular flexibility index (Phi) is 4.25. The second kappa shape index (κ2) is 5.47. The summed E-state index contributed by atoms with van der Waals surface area (Å²) >= 11 is 0. The molecule has 6 nitrogen and oxygen atoms in total. The fraction of sp³-hybridized carbons (Fsp3) is 0.545. The van der Waals surface area contributed by atoms with Gasteiger partial charge in [0.15, 0.2) is 0 Å². The smallest absolute Gasteiger partial charge is 0.326 e. The van der Waals surface area contributed by atoms with Crippen molar-refractivity contribution in [3.63, 3.8) is 0 Å². The molecule has 0 aromatic carbocycles. The van der Waals surface area contributed by atoms with Crippen molar-refractivity contribution in [1.82, 2.24) is 15.1 Å². The molecule has 0 aliphatic rings. The summed E-state index contributed by atoms with van der Waals surface area (Å²) in [6.07, 6.45) is 2.03. The van der Waals surface area contributed by atoms with E-state index in [1.165, 1.54) is 4.68 Å².